The lowest BCUT2D eigenvalue weighted by atomic mass is 9.98. The second-order valence-electron chi connectivity index (χ2n) is 4.65. The van der Waals surface area contributed by atoms with E-state index >= 15 is 0 Å². The molecule has 114 valence electrons. The Morgan fingerprint density at radius 2 is 1.86 bits per heavy atom. The second kappa shape index (κ2) is 7.86. The quantitative estimate of drug-likeness (QED) is 0.863. The van der Waals surface area contributed by atoms with Gasteiger partial charge in [0.05, 0.1) is 13.0 Å². The van der Waals surface area contributed by atoms with Gasteiger partial charge in [-0.2, -0.15) is 0 Å². The first kappa shape index (κ1) is 17.3. The molecule has 0 aliphatic rings. The molecule has 0 bridgehead atoms. The highest BCUT2D eigenvalue weighted by atomic mass is 35.5. The first-order chi connectivity index (χ1) is 9.65. The Morgan fingerprint density at radius 1 is 1.19 bits per heavy atom. The monoisotopic (exact) mass is 309 g/mol. The highest BCUT2D eigenvalue weighted by Crippen LogP contribution is 2.25. The summed E-state index contributed by atoms with van der Waals surface area (Å²) in [5, 5.41) is 2.15. The third kappa shape index (κ3) is 4.09. The first-order valence-corrected chi connectivity index (χ1v) is 6.60. The van der Waals surface area contributed by atoms with Crippen molar-refractivity contribution < 1.29 is 14.3 Å². The van der Waals surface area contributed by atoms with Gasteiger partial charge in [-0.1, -0.05) is 24.3 Å². The van der Waals surface area contributed by atoms with Crippen molar-refractivity contribution in [1.29, 1.82) is 0 Å². The standard InChI is InChI=1S/C16H19NO3.ClH/c1-11(16(18)20-8-7-17)12-3-4-14-10-15(19-2)6-5-13(14)9-12;/h3-6,9-11H,7-8,17H2,1-2H3;1H/t11-;/m0./s1. The average Bonchev–Trinajstić information content (AvgIpc) is 2.50. The molecule has 21 heavy (non-hydrogen) atoms. The van der Waals surface area contributed by atoms with E-state index < -0.39 is 0 Å². The van der Waals surface area contributed by atoms with E-state index in [1.165, 1.54) is 0 Å². The fourth-order valence-corrected chi connectivity index (χ4v) is 2.06. The molecule has 0 amide bonds. The van der Waals surface area contributed by atoms with Gasteiger partial charge >= 0.3 is 5.97 Å². The van der Waals surface area contributed by atoms with Gasteiger partial charge < -0.3 is 15.2 Å². The zero-order valence-electron chi connectivity index (χ0n) is 12.2. The summed E-state index contributed by atoms with van der Waals surface area (Å²) in [6.45, 7) is 2.44. The third-order valence-corrected chi connectivity index (χ3v) is 3.29. The number of benzene rings is 2. The highest BCUT2D eigenvalue weighted by Gasteiger charge is 2.16. The van der Waals surface area contributed by atoms with Crippen LogP contribution in [-0.4, -0.2) is 26.2 Å². The number of fused-ring (bicyclic) bond motifs is 1. The molecule has 0 saturated heterocycles. The molecule has 5 heteroatoms. The number of carbonyl (C=O) groups is 1. The van der Waals surface area contributed by atoms with E-state index in [2.05, 4.69) is 0 Å². The van der Waals surface area contributed by atoms with Crippen molar-refractivity contribution in [2.24, 2.45) is 5.73 Å². The molecule has 0 fully saturated rings. The fraction of sp³-hybridized carbons (Fsp3) is 0.312. The van der Waals surface area contributed by atoms with E-state index in [-0.39, 0.29) is 30.9 Å². The Kier molecular flexibility index (Phi) is 6.46. The molecule has 2 aromatic carbocycles. The minimum Gasteiger partial charge on any atom is -0.497 e. The minimum atomic E-state index is -0.298. The number of rotatable bonds is 5. The van der Waals surface area contributed by atoms with Gasteiger partial charge in [-0.25, -0.2) is 0 Å². The molecule has 0 aromatic heterocycles. The van der Waals surface area contributed by atoms with Crippen molar-refractivity contribution in [2.45, 2.75) is 12.8 Å². The van der Waals surface area contributed by atoms with Crippen LogP contribution in [0.25, 0.3) is 10.8 Å². The van der Waals surface area contributed by atoms with E-state index in [1.807, 2.05) is 43.3 Å². The summed E-state index contributed by atoms with van der Waals surface area (Å²) >= 11 is 0. The number of nitrogens with two attached hydrogens (primary N) is 1. The molecule has 2 aromatic rings. The van der Waals surface area contributed by atoms with Gasteiger partial charge in [-0.15, -0.1) is 12.4 Å². The average molecular weight is 310 g/mol. The van der Waals surface area contributed by atoms with Gasteiger partial charge in [0.1, 0.15) is 12.4 Å². The molecule has 0 unspecified atom stereocenters. The number of halogens is 1. The Morgan fingerprint density at radius 3 is 2.52 bits per heavy atom. The topological polar surface area (TPSA) is 61.5 Å². The number of ether oxygens (including phenoxy) is 2. The van der Waals surface area contributed by atoms with Crippen LogP contribution in [0.1, 0.15) is 18.4 Å². The summed E-state index contributed by atoms with van der Waals surface area (Å²) < 4.78 is 10.3. The fourth-order valence-electron chi connectivity index (χ4n) is 2.06. The van der Waals surface area contributed by atoms with Crippen LogP contribution >= 0.6 is 12.4 Å². The highest BCUT2D eigenvalue weighted by molar-refractivity contribution is 5.86. The number of hydrogen-bond donors (Lipinski definition) is 1. The maximum absolute atomic E-state index is 11.8. The Balaban J connectivity index is 0.00000220. The summed E-state index contributed by atoms with van der Waals surface area (Å²) in [5.41, 5.74) is 6.26. The zero-order valence-corrected chi connectivity index (χ0v) is 13.0. The predicted molar refractivity (Wildman–Crippen MR) is 86.2 cm³/mol. The van der Waals surface area contributed by atoms with Crippen LogP contribution in [0.5, 0.6) is 5.75 Å². The maximum Gasteiger partial charge on any atom is 0.313 e. The lowest BCUT2D eigenvalue weighted by molar-refractivity contribution is -0.144. The van der Waals surface area contributed by atoms with E-state index in [1.54, 1.807) is 7.11 Å². The molecular weight excluding hydrogens is 290 g/mol. The normalized spacial score (nSPS) is 11.6. The molecule has 2 rings (SSSR count). The van der Waals surface area contributed by atoms with Crippen LogP contribution in [0.15, 0.2) is 36.4 Å². The SMILES string of the molecule is COc1ccc2cc([C@H](C)C(=O)OCCN)ccc2c1.Cl. The van der Waals surface area contributed by atoms with Crippen molar-refractivity contribution in [3.8, 4) is 5.75 Å². The number of hydrogen-bond acceptors (Lipinski definition) is 4. The van der Waals surface area contributed by atoms with Crippen molar-refractivity contribution in [3.05, 3.63) is 42.0 Å². The molecule has 0 saturated carbocycles. The van der Waals surface area contributed by atoms with Crippen LogP contribution in [-0.2, 0) is 9.53 Å². The van der Waals surface area contributed by atoms with E-state index in [4.69, 9.17) is 15.2 Å². The van der Waals surface area contributed by atoms with E-state index in [0.717, 1.165) is 22.1 Å². The maximum atomic E-state index is 11.8. The molecule has 4 nitrogen and oxygen atoms in total. The van der Waals surface area contributed by atoms with Gasteiger partial charge in [0.15, 0.2) is 0 Å². The number of methoxy groups -OCH3 is 1. The Labute approximate surface area is 130 Å². The molecule has 1 atom stereocenters. The lowest BCUT2D eigenvalue weighted by Crippen LogP contribution is -2.18. The van der Waals surface area contributed by atoms with Crippen LogP contribution < -0.4 is 10.5 Å². The summed E-state index contributed by atoms with van der Waals surface area (Å²) in [6, 6.07) is 11.8. The molecule has 0 heterocycles. The molecule has 0 aliphatic carbocycles. The first-order valence-electron chi connectivity index (χ1n) is 6.60. The van der Waals surface area contributed by atoms with Gasteiger partial charge in [0.2, 0.25) is 0 Å². The number of carbonyl (C=O) groups excluding carboxylic acids is 1. The van der Waals surface area contributed by atoms with Crippen LogP contribution in [0, 0.1) is 0 Å². The summed E-state index contributed by atoms with van der Waals surface area (Å²) in [6.07, 6.45) is 0. The Bertz CT molecular complexity index is 615. The van der Waals surface area contributed by atoms with Gasteiger partial charge in [-0.3, -0.25) is 4.79 Å². The van der Waals surface area contributed by atoms with Crippen molar-refractivity contribution in [1.82, 2.24) is 0 Å². The smallest absolute Gasteiger partial charge is 0.313 e. The predicted octanol–water partition coefficient (Wildman–Crippen LogP) is 2.88. The summed E-state index contributed by atoms with van der Waals surface area (Å²) in [5.74, 6) is 0.275. The van der Waals surface area contributed by atoms with Crippen LogP contribution in [0.2, 0.25) is 0 Å². The van der Waals surface area contributed by atoms with E-state index in [9.17, 15) is 4.79 Å². The van der Waals surface area contributed by atoms with Crippen molar-refractivity contribution in [2.75, 3.05) is 20.3 Å². The van der Waals surface area contributed by atoms with Gasteiger partial charge in [0.25, 0.3) is 0 Å². The largest absolute Gasteiger partial charge is 0.497 e. The van der Waals surface area contributed by atoms with Crippen molar-refractivity contribution in [3.63, 3.8) is 0 Å². The third-order valence-electron chi connectivity index (χ3n) is 3.29. The van der Waals surface area contributed by atoms with Crippen LogP contribution in [0.3, 0.4) is 0 Å². The van der Waals surface area contributed by atoms with Gasteiger partial charge in [0, 0.05) is 6.54 Å². The molecule has 0 radical (unpaired) electrons. The van der Waals surface area contributed by atoms with Crippen molar-refractivity contribution >= 4 is 29.1 Å². The summed E-state index contributed by atoms with van der Waals surface area (Å²) in [7, 11) is 1.64. The second-order valence-corrected chi connectivity index (χ2v) is 4.65. The zero-order chi connectivity index (χ0) is 14.5. The number of esters is 1. The lowest BCUT2D eigenvalue weighted by Gasteiger charge is -2.12. The molecular formula is C16H20ClNO3. The van der Waals surface area contributed by atoms with Crippen LogP contribution in [0.4, 0.5) is 0 Å². The summed E-state index contributed by atoms with van der Waals surface area (Å²) in [4.78, 5) is 11.8. The molecule has 0 aliphatic heterocycles. The molecule has 2 N–H and O–H groups in total. The minimum absolute atomic E-state index is 0. The van der Waals surface area contributed by atoms with Gasteiger partial charge in [-0.05, 0) is 35.4 Å². The Hall–Kier alpha value is -1.78. The van der Waals surface area contributed by atoms with E-state index in [0.29, 0.717) is 6.54 Å². The molecule has 0 spiro atoms.